The predicted molar refractivity (Wildman–Crippen MR) is 77.0 cm³/mol. The van der Waals surface area contributed by atoms with Crippen LogP contribution in [0.3, 0.4) is 0 Å². The number of aromatic nitrogens is 2. The van der Waals surface area contributed by atoms with Gasteiger partial charge in [0.15, 0.2) is 0 Å². The molecular weight excluding hydrogens is 314 g/mol. The van der Waals surface area contributed by atoms with Crippen LogP contribution in [-0.4, -0.2) is 58.7 Å². The number of hydrogen-bond acceptors (Lipinski definition) is 5. The standard InChI is InChI=1S/C13H18ClN3O5/c1-2-17-12(8(14)5-15-17)13(20)16-9-3-4-21-6-10(9)22-7-11(18)19/h5,9-10H,2-4,6-7H2,1H3,(H,16,20)(H,18,19). The quantitative estimate of drug-likeness (QED) is 0.789. The van der Waals surface area contributed by atoms with E-state index in [0.29, 0.717) is 19.6 Å². The summed E-state index contributed by atoms with van der Waals surface area (Å²) in [5.41, 5.74) is 0.285. The van der Waals surface area contributed by atoms with Crippen molar-refractivity contribution < 1.29 is 24.2 Å². The third-order valence-electron chi connectivity index (χ3n) is 3.35. The SMILES string of the molecule is CCn1ncc(Cl)c1C(=O)NC1CCOCC1OCC(=O)O. The Bertz CT molecular complexity index is 548. The number of nitrogens with zero attached hydrogens (tertiary/aromatic N) is 2. The van der Waals surface area contributed by atoms with E-state index in [-0.39, 0.29) is 29.3 Å². The lowest BCUT2D eigenvalue weighted by Crippen LogP contribution is -2.50. The van der Waals surface area contributed by atoms with Crippen LogP contribution in [0.15, 0.2) is 6.20 Å². The summed E-state index contributed by atoms with van der Waals surface area (Å²) in [6.45, 7) is 2.64. The molecule has 2 unspecified atom stereocenters. The molecule has 0 spiro atoms. The second-order valence-electron chi connectivity index (χ2n) is 4.84. The van der Waals surface area contributed by atoms with Crippen LogP contribution in [0.1, 0.15) is 23.8 Å². The molecule has 1 fully saturated rings. The van der Waals surface area contributed by atoms with Crippen molar-refractivity contribution in [2.75, 3.05) is 19.8 Å². The summed E-state index contributed by atoms with van der Waals surface area (Å²) in [6, 6.07) is -0.336. The maximum absolute atomic E-state index is 12.4. The number of carboxylic acid groups (broad SMARTS) is 1. The van der Waals surface area contributed by atoms with Crippen molar-refractivity contribution in [3.05, 3.63) is 16.9 Å². The molecule has 0 aromatic carbocycles. The van der Waals surface area contributed by atoms with Crippen molar-refractivity contribution in [3.8, 4) is 0 Å². The van der Waals surface area contributed by atoms with Crippen molar-refractivity contribution >= 4 is 23.5 Å². The van der Waals surface area contributed by atoms with Crippen molar-refractivity contribution in [1.82, 2.24) is 15.1 Å². The number of aryl methyl sites for hydroxylation is 1. The first-order valence-electron chi connectivity index (χ1n) is 6.96. The van der Waals surface area contributed by atoms with Crippen molar-refractivity contribution in [2.24, 2.45) is 0 Å². The fraction of sp³-hybridized carbons (Fsp3) is 0.615. The number of carbonyl (C=O) groups excluding carboxylic acids is 1. The van der Waals surface area contributed by atoms with Gasteiger partial charge in [-0.05, 0) is 13.3 Å². The van der Waals surface area contributed by atoms with Gasteiger partial charge in [-0.2, -0.15) is 5.10 Å². The van der Waals surface area contributed by atoms with Crippen LogP contribution >= 0.6 is 11.6 Å². The van der Waals surface area contributed by atoms with Crippen LogP contribution in [0.25, 0.3) is 0 Å². The highest BCUT2D eigenvalue weighted by Crippen LogP contribution is 2.17. The van der Waals surface area contributed by atoms with Gasteiger partial charge in [0.25, 0.3) is 5.91 Å². The van der Waals surface area contributed by atoms with E-state index in [4.69, 9.17) is 26.2 Å². The van der Waals surface area contributed by atoms with Gasteiger partial charge in [-0.1, -0.05) is 11.6 Å². The fourth-order valence-electron chi connectivity index (χ4n) is 2.28. The number of nitrogens with one attached hydrogen (secondary N) is 1. The zero-order valence-electron chi connectivity index (χ0n) is 12.1. The summed E-state index contributed by atoms with van der Waals surface area (Å²) in [5.74, 6) is -1.43. The Balaban J connectivity index is 2.04. The molecule has 0 bridgehead atoms. The minimum Gasteiger partial charge on any atom is -0.480 e. The molecule has 9 heteroatoms. The second-order valence-corrected chi connectivity index (χ2v) is 5.25. The molecule has 122 valence electrons. The highest BCUT2D eigenvalue weighted by atomic mass is 35.5. The molecule has 1 aliphatic heterocycles. The minimum absolute atomic E-state index is 0.235. The van der Waals surface area contributed by atoms with E-state index < -0.39 is 18.7 Å². The number of carboxylic acids is 1. The zero-order valence-corrected chi connectivity index (χ0v) is 12.9. The normalized spacial score (nSPS) is 21.5. The first-order valence-corrected chi connectivity index (χ1v) is 7.34. The lowest BCUT2D eigenvalue weighted by molar-refractivity contribution is -0.148. The molecule has 22 heavy (non-hydrogen) atoms. The largest absolute Gasteiger partial charge is 0.480 e. The number of amides is 1. The van der Waals surface area contributed by atoms with E-state index in [2.05, 4.69) is 10.4 Å². The van der Waals surface area contributed by atoms with E-state index in [9.17, 15) is 9.59 Å². The Labute approximate surface area is 132 Å². The van der Waals surface area contributed by atoms with Gasteiger partial charge in [-0.25, -0.2) is 4.79 Å². The molecule has 2 heterocycles. The lowest BCUT2D eigenvalue weighted by Gasteiger charge is -2.31. The summed E-state index contributed by atoms with van der Waals surface area (Å²) < 4.78 is 12.0. The maximum atomic E-state index is 12.4. The Kier molecular flexibility index (Phi) is 5.76. The zero-order chi connectivity index (χ0) is 16.1. The third-order valence-corrected chi connectivity index (χ3v) is 3.63. The summed E-state index contributed by atoms with van der Waals surface area (Å²) in [7, 11) is 0. The van der Waals surface area contributed by atoms with Crippen LogP contribution < -0.4 is 5.32 Å². The number of aliphatic carboxylic acids is 1. The first kappa shape index (κ1) is 16.7. The molecule has 2 atom stereocenters. The topological polar surface area (TPSA) is 103 Å². The van der Waals surface area contributed by atoms with E-state index >= 15 is 0 Å². The summed E-state index contributed by atoms with van der Waals surface area (Å²) in [4.78, 5) is 23.0. The monoisotopic (exact) mass is 331 g/mol. The number of ether oxygens (including phenoxy) is 2. The molecule has 0 radical (unpaired) electrons. The smallest absolute Gasteiger partial charge is 0.329 e. The molecule has 1 aliphatic rings. The average molecular weight is 332 g/mol. The highest BCUT2D eigenvalue weighted by molar-refractivity contribution is 6.33. The lowest BCUT2D eigenvalue weighted by atomic mass is 10.1. The molecule has 1 aromatic heterocycles. The number of hydrogen-bond donors (Lipinski definition) is 2. The molecule has 8 nitrogen and oxygen atoms in total. The Morgan fingerprint density at radius 1 is 1.64 bits per heavy atom. The molecule has 2 rings (SSSR count). The molecule has 0 saturated carbocycles. The van der Waals surface area contributed by atoms with Gasteiger partial charge in [0.05, 0.1) is 23.9 Å². The predicted octanol–water partition coefficient (Wildman–Crippen LogP) is 0.545. The van der Waals surface area contributed by atoms with Gasteiger partial charge in [-0.3, -0.25) is 9.48 Å². The Hall–Kier alpha value is -1.64. The summed E-state index contributed by atoms with van der Waals surface area (Å²) in [6.07, 6.45) is 1.45. The molecule has 1 saturated heterocycles. The van der Waals surface area contributed by atoms with Gasteiger partial charge in [-0.15, -0.1) is 0 Å². The summed E-state index contributed by atoms with van der Waals surface area (Å²) >= 11 is 6.00. The molecule has 0 aliphatic carbocycles. The van der Waals surface area contributed by atoms with E-state index in [1.54, 1.807) is 0 Å². The minimum atomic E-state index is -1.07. The van der Waals surface area contributed by atoms with Crippen molar-refractivity contribution in [3.63, 3.8) is 0 Å². The molecular formula is C13H18ClN3O5. The van der Waals surface area contributed by atoms with Gasteiger partial charge < -0.3 is 19.9 Å². The number of rotatable bonds is 6. The Morgan fingerprint density at radius 2 is 2.41 bits per heavy atom. The maximum Gasteiger partial charge on any atom is 0.329 e. The van der Waals surface area contributed by atoms with Crippen LogP contribution in [-0.2, 0) is 20.8 Å². The van der Waals surface area contributed by atoms with Crippen LogP contribution in [0.2, 0.25) is 5.02 Å². The van der Waals surface area contributed by atoms with Gasteiger partial charge in [0.1, 0.15) is 18.4 Å². The fourth-order valence-corrected chi connectivity index (χ4v) is 2.51. The van der Waals surface area contributed by atoms with E-state index in [1.807, 2.05) is 6.92 Å². The molecule has 2 N–H and O–H groups in total. The summed E-state index contributed by atoms with van der Waals surface area (Å²) in [5, 5.41) is 15.8. The molecule has 1 aromatic rings. The third kappa shape index (κ3) is 3.96. The van der Waals surface area contributed by atoms with E-state index in [1.165, 1.54) is 10.9 Å². The van der Waals surface area contributed by atoms with Crippen molar-refractivity contribution in [2.45, 2.75) is 32.0 Å². The number of carbonyl (C=O) groups is 2. The van der Waals surface area contributed by atoms with Gasteiger partial charge >= 0.3 is 5.97 Å². The molecule has 1 amide bonds. The van der Waals surface area contributed by atoms with Crippen molar-refractivity contribution in [1.29, 1.82) is 0 Å². The van der Waals surface area contributed by atoms with E-state index in [0.717, 1.165) is 0 Å². The first-order chi connectivity index (χ1) is 10.5. The van der Waals surface area contributed by atoms with Crippen LogP contribution in [0.4, 0.5) is 0 Å². The van der Waals surface area contributed by atoms with Gasteiger partial charge in [0, 0.05) is 13.2 Å². The van der Waals surface area contributed by atoms with Crippen LogP contribution in [0.5, 0.6) is 0 Å². The Morgan fingerprint density at radius 3 is 3.09 bits per heavy atom. The van der Waals surface area contributed by atoms with Crippen LogP contribution in [0, 0.1) is 0 Å². The average Bonchev–Trinajstić information content (AvgIpc) is 2.87. The highest BCUT2D eigenvalue weighted by Gasteiger charge is 2.30. The second kappa shape index (κ2) is 7.57. The number of halogens is 1. The van der Waals surface area contributed by atoms with Gasteiger partial charge in [0.2, 0.25) is 0 Å².